The van der Waals surface area contributed by atoms with Crippen molar-refractivity contribution in [2.75, 3.05) is 13.2 Å². The van der Waals surface area contributed by atoms with Crippen LogP contribution in [0.3, 0.4) is 0 Å². The lowest BCUT2D eigenvalue weighted by molar-refractivity contribution is -0.125. The van der Waals surface area contributed by atoms with Gasteiger partial charge in [-0.2, -0.15) is 0 Å². The Bertz CT molecular complexity index is 201. The molecule has 86 valence electrons. The summed E-state index contributed by atoms with van der Waals surface area (Å²) < 4.78 is 10.2. The molecule has 2 aliphatic heterocycles. The van der Waals surface area contributed by atoms with E-state index in [1.54, 1.807) is 6.92 Å². The van der Waals surface area contributed by atoms with Gasteiger partial charge in [0.05, 0.1) is 6.10 Å². The second-order valence-corrected chi connectivity index (χ2v) is 3.90. The molecule has 0 spiro atoms. The first-order valence-electron chi connectivity index (χ1n) is 5.60. The van der Waals surface area contributed by atoms with Crippen LogP contribution < -0.4 is 0 Å². The third-order valence-electron chi connectivity index (χ3n) is 2.61. The van der Waals surface area contributed by atoms with Crippen molar-refractivity contribution < 1.29 is 14.3 Å². The number of ketones is 1. The first-order chi connectivity index (χ1) is 7.24. The van der Waals surface area contributed by atoms with Gasteiger partial charge in [-0.3, -0.25) is 4.79 Å². The van der Waals surface area contributed by atoms with Crippen LogP contribution in [0.5, 0.6) is 0 Å². The third kappa shape index (κ3) is 4.58. The highest BCUT2D eigenvalue weighted by atomic mass is 16.5. The molecule has 3 heteroatoms. The van der Waals surface area contributed by atoms with Gasteiger partial charge >= 0.3 is 0 Å². The molecule has 0 bridgehead atoms. The van der Waals surface area contributed by atoms with Crippen molar-refractivity contribution >= 4 is 5.78 Å². The fourth-order valence-corrected chi connectivity index (χ4v) is 1.69. The molecule has 0 radical (unpaired) electrons. The maximum Gasteiger partial charge on any atom is 0.158 e. The van der Waals surface area contributed by atoms with Crippen LogP contribution in [0.4, 0.5) is 0 Å². The molecule has 3 nitrogen and oxygen atoms in total. The van der Waals surface area contributed by atoms with Crippen LogP contribution in [0, 0.1) is 0 Å². The van der Waals surface area contributed by atoms with Crippen LogP contribution in [0.15, 0.2) is 12.7 Å². The molecule has 2 fully saturated rings. The van der Waals surface area contributed by atoms with E-state index in [9.17, 15) is 4.79 Å². The Morgan fingerprint density at radius 2 is 1.93 bits per heavy atom. The van der Waals surface area contributed by atoms with E-state index in [-0.39, 0.29) is 11.9 Å². The van der Waals surface area contributed by atoms with Crippen LogP contribution in [-0.4, -0.2) is 31.2 Å². The Morgan fingerprint density at radius 3 is 2.20 bits per heavy atom. The van der Waals surface area contributed by atoms with Gasteiger partial charge in [-0.1, -0.05) is 6.08 Å². The minimum atomic E-state index is -0.0741. The lowest BCUT2D eigenvalue weighted by Crippen LogP contribution is -2.14. The number of rotatable bonds is 2. The van der Waals surface area contributed by atoms with Gasteiger partial charge in [0.1, 0.15) is 6.10 Å². The largest absolute Gasteiger partial charge is 0.374 e. The van der Waals surface area contributed by atoms with Gasteiger partial charge in [-0.05, 0) is 32.6 Å². The zero-order valence-corrected chi connectivity index (χ0v) is 9.41. The molecule has 0 aromatic heterocycles. The molecule has 0 saturated carbocycles. The topological polar surface area (TPSA) is 35.5 Å². The van der Waals surface area contributed by atoms with Crippen LogP contribution in [-0.2, 0) is 14.3 Å². The van der Waals surface area contributed by atoms with Crippen molar-refractivity contribution in [3.8, 4) is 0 Å². The average molecular weight is 212 g/mol. The van der Waals surface area contributed by atoms with Gasteiger partial charge in [0.25, 0.3) is 0 Å². The zero-order chi connectivity index (χ0) is 11.1. The molecule has 2 rings (SSSR count). The maximum absolute atomic E-state index is 10.5. The summed E-state index contributed by atoms with van der Waals surface area (Å²) in [7, 11) is 0. The van der Waals surface area contributed by atoms with Crippen LogP contribution in [0.25, 0.3) is 0 Å². The summed E-state index contributed by atoms with van der Waals surface area (Å²) in [5, 5.41) is 0. The highest BCUT2D eigenvalue weighted by molar-refractivity contribution is 5.80. The number of hydrogen-bond donors (Lipinski definition) is 0. The van der Waals surface area contributed by atoms with Gasteiger partial charge in [-0.25, -0.2) is 0 Å². The standard InChI is InChI=1S/C6H10O2.C6H10O/c1-5(7)6-3-2-4-8-6;1-2-6-4-3-5-7-6/h6H,2-4H2,1H3;2,6H,1,3-5H2. The highest BCUT2D eigenvalue weighted by Gasteiger charge is 2.18. The molecule has 0 aliphatic carbocycles. The SMILES string of the molecule is C=CC1CCCO1.CC(=O)C1CCCO1. The minimum absolute atomic E-state index is 0.0741. The molecule has 2 aliphatic rings. The number of carbonyl (C=O) groups is 1. The number of ether oxygens (including phenoxy) is 2. The normalized spacial score (nSPS) is 29.4. The second kappa shape index (κ2) is 6.75. The number of Topliss-reactive ketones (excluding diaryl/α,β-unsaturated/α-hetero) is 1. The van der Waals surface area contributed by atoms with E-state index in [1.165, 1.54) is 12.8 Å². The van der Waals surface area contributed by atoms with E-state index in [0.29, 0.717) is 6.10 Å². The minimum Gasteiger partial charge on any atom is -0.374 e. The fourth-order valence-electron chi connectivity index (χ4n) is 1.69. The molecule has 0 amide bonds. The van der Waals surface area contributed by atoms with Gasteiger partial charge in [0, 0.05) is 13.2 Å². The van der Waals surface area contributed by atoms with Crippen molar-refractivity contribution in [2.24, 2.45) is 0 Å². The van der Waals surface area contributed by atoms with Crippen molar-refractivity contribution in [3.63, 3.8) is 0 Å². The summed E-state index contributed by atoms with van der Waals surface area (Å²) in [4.78, 5) is 10.5. The predicted octanol–water partition coefficient (Wildman–Crippen LogP) is 2.11. The van der Waals surface area contributed by atoms with Crippen LogP contribution in [0.1, 0.15) is 32.6 Å². The monoisotopic (exact) mass is 212 g/mol. The molecule has 0 aromatic carbocycles. The summed E-state index contributed by atoms with van der Waals surface area (Å²) >= 11 is 0. The molecule has 2 saturated heterocycles. The summed E-state index contributed by atoms with van der Waals surface area (Å²) in [6.07, 6.45) is 6.50. The second-order valence-electron chi connectivity index (χ2n) is 3.90. The summed E-state index contributed by atoms with van der Waals surface area (Å²) in [6, 6.07) is 0. The smallest absolute Gasteiger partial charge is 0.158 e. The molecular formula is C12H20O3. The Hall–Kier alpha value is -0.670. The quantitative estimate of drug-likeness (QED) is 0.658. The van der Waals surface area contributed by atoms with Crippen LogP contribution >= 0.6 is 0 Å². The number of hydrogen-bond acceptors (Lipinski definition) is 3. The van der Waals surface area contributed by atoms with Crippen LogP contribution in [0.2, 0.25) is 0 Å². The lowest BCUT2D eigenvalue weighted by atomic mass is 10.2. The molecular weight excluding hydrogens is 192 g/mol. The van der Waals surface area contributed by atoms with Gasteiger partial charge in [0.2, 0.25) is 0 Å². The molecule has 0 N–H and O–H groups in total. The molecule has 0 aromatic rings. The van der Waals surface area contributed by atoms with Crippen molar-refractivity contribution in [1.82, 2.24) is 0 Å². The number of carbonyl (C=O) groups excluding carboxylic acids is 1. The first-order valence-corrected chi connectivity index (χ1v) is 5.60. The highest BCUT2D eigenvalue weighted by Crippen LogP contribution is 2.12. The van der Waals surface area contributed by atoms with E-state index in [2.05, 4.69) is 6.58 Å². The van der Waals surface area contributed by atoms with Gasteiger partial charge in [-0.15, -0.1) is 6.58 Å². The van der Waals surface area contributed by atoms with E-state index < -0.39 is 0 Å². The summed E-state index contributed by atoms with van der Waals surface area (Å²) in [5.74, 6) is 0.169. The lowest BCUT2D eigenvalue weighted by Gasteiger charge is -2.00. The summed E-state index contributed by atoms with van der Waals surface area (Å²) in [5.41, 5.74) is 0. The first kappa shape index (κ1) is 12.4. The van der Waals surface area contributed by atoms with Crippen molar-refractivity contribution in [3.05, 3.63) is 12.7 Å². The Kier molecular flexibility index (Phi) is 5.58. The Morgan fingerprint density at radius 1 is 1.27 bits per heavy atom. The Balaban J connectivity index is 0.000000151. The van der Waals surface area contributed by atoms with E-state index in [1.807, 2.05) is 6.08 Å². The molecule has 2 atom stereocenters. The Labute approximate surface area is 91.4 Å². The predicted molar refractivity (Wildman–Crippen MR) is 58.8 cm³/mol. The summed E-state index contributed by atoms with van der Waals surface area (Å²) in [6.45, 7) is 6.89. The third-order valence-corrected chi connectivity index (χ3v) is 2.61. The average Bonchev–Trinajstić information content (AvgIpc) is 2.92. The zero-order valence-electron chi connectivity index (χ0n) is 9.41. The van der Waals surface area contributed by atoms with Gasteiger partial charge in [0.15, 0.2) is 5.78 Å². The molecule has 15 heavy (non-hydrogen) atoms. The maximum atomic E-state index is 10.5. The van der Waals surface area contributed by atoms with Crippen molar-refractivity contribution in [2.45, 2.75) is 44.8 Å². The fraction of sp³-hybridized carbons (Fsp3) is 0.750. The molecule has 2 heterocycles. The van der Waals surface area contributed by atoms with E-state index in [0.717, 1.165) is 26.1 Å². The van der Waals surface area contributed by atoms with Gasteiger partial charge < -0.3 is 9.47 Å². The van der Waals surface area contributed by atoms with Crippen molar-refractivity contribution in [1.29, 1.82) is 0 Å². The molecule has 2 unspecified atom stereocenters. The van der Waals surface area contributed by atoms with E-state index in [4.69, 9.17) is 9.47 Å². The van der Waals surface area contributed by atoms with E-state index >= 15 is 0 Å².